The lowest BCUT2D eigenvalue weighted by atomic mass is 10.1. The Hall–Kier alpha value is -2.79. The smallest absolute Gasteiger partial charge is 0.153 e. The maximum Gasteiger partial charge on any atom is 0.153 e. The molecule has 4 aromatic heterocycles. The standard InChI is InChI=1S/C38H50N2O2Si4/c1-9-43(10-2)27-17-19-33-29(21-27)30-22-28(18-20-34(30)41-33)44(11-3,12-4)46(15-7,16-8)38-24-32-31-23-37(45(43,13-5)14-6)39-25-35(31)42-36(32)26-40-38/h17-26H,9-16H2,1-8H3. The van der Waals surface area contributed by atoms with Gasteiger partial charge in [0.15, 0.2) is 11.2 Å². The molecule has 6 aromatic rings. The molecule has 240 valence electrons. The van der Waals surface area contributed by atoms with E-state index in [-0.39, 0.29) is 0 Å². The summed E-state index contributed by atoms with van der Waals surface area (Å²) in [6, 6.07) is 29.4. The second kappa shape index (κ2) is 11.4. The molecule has 0 fully saturated rings. The van der Waals surface area contributed by atoms with E-state index in [9.17, 15) is 0 Å². The van der Waals surface area contributed by atoms with Crippen LogP contribution in [0.25, 0.3) is 43.9 Å². The Labute approximate surface area is 277 Å². The maximum atomic E-state index is 6.61. The molecule has 8 bridgehead atoms. The van der Waals surface area contributed by atoms with Crippen LogP contribution in [-0.4, -0.2) is 40.3 Å². The van der Waals surface area contributed by atoms with Gasteiger partial charge in [0.25, 0.3) is 0 Å². The quantitative estimate of drug-likeness (QED) is 0.151. The van der Waals surface area contributed by atoms with Gasteiger partial charge in [-0.15, -0.1) is 0 Å². The fourth-order valence-electron chi connectivity index (χ4n) is 10.8. The van der Waals surface area contributed by atoms with Gasteiger partial charge in [-0.3, -0.25) is 9.97 Å². The average molecular weight is 679 g/mol. The van der Waals surface area contributed by atoms with E-state index in [1.807, 2.05) is 0 Å². The minimum absolute atomic E-state index is 0.902. The Morgan fingerprint density at radius 2 is 0.739 bits per heavy atom. The highest BCUT2D eigenvalue weighted by atomic mass is 29.3. The van der Waals surface area contributed by atoms with Crippen molar-refractivity contribution in [3.05, 3.63) is 60.9 Å². The number of benzene rings is 2. The Morgan fingerprint density at radius 3 is 1.09 bits per heavy atom. The maximum absolute atomic E-state index is 6.61. The van der Waals surface area contributed by atoms with E-state index < -0.39 is 30.4 Å². The molecule has 0 aliphatic carbocycles. The molecule has 0 saturated carbocycles. The number of fused-ring (bicyclic) bond motifs is 4. The monoisotopic (exact) mass is 678 g/mol. The van der Waals surface area contributed by atoms with Crippen molar-refractivity contribution in [1.29, 1.82) is 0 Å². The first-order valence-corrected chi connectivity index (χ1v) is 29.6. The van der Waals surface area contributed by atoms with Crippen LogP contribution in [-0.2, 0) is 0 Å². The summed E-state index contributed by atoms with van der Waals surface area (Å²) < 4.78 is 13.1. The number of hydrogen-bond donors (Lipinski definition) is 0. The van der Waals surface area contributed by atoms with E-state index in [0.717, 1.165) is 22.3 Å². The first-order valence-electron chi connectivity index (χ1n) is 18.0. The summed E-state index contributed by atoms with van der Waals surface area (Å²) in [4.78, 5) is 10.7. The molecule has 0 unspecified atom stereocenters. The summed E-state index contributed by atoms with van der Waals surface area (Å²) in [6.45, 7) is 19.7. The summed E-state index contributed by atoms with van der Waals surface area (Å²) in [5, 5.41) is 11.1. The predicted octanol–water partition coefficient (Wildman–Crippen LogP) is 8.93. The lowest BCUT2D eigenvalue weighted by Crippen LogP contribution is -2.75. The highest BCUT2D eigenvalue weighted by Crippen LogP contribution is 2.39. The third-order valence-corrected chi connectivity index (χ3v) is 54.9. The predicted molar refractivity (Wildman–Crippen MR) is 208 cm³/mol. The molecule has 8 heteroatoms. The van der Waals surface area contributed by atoms with Crippen LogP contribution in [0.4, 0.5) is 0 Å². The number of nitrogens with zero attached hydrogens (tertiary/aromatic N) is 2. The van der Waals surface area contributed by atoms with Gasteiger partial charge in [-0.25, -0.2) is 0 Å². The fraction of sp³-hybridized carbons (Fsp3) is 0.421. The Kier molecular flexibility index (Phi) is 7.89. The largest absolute Gasteiger partial charge is 0.456 e. The molecule has 1 aliphatic rings. The first-order chi connectivity index (χ1) is 22.3. The SMILES string of the molecule is CC[Si]1(CC)c2ccc3oc4ccc(cc4c3c2)[Si](CC)(CC)[Si](CC)(CC)c2cc3c(cn2)oc2cnc(cc23)[Si]1(CC)CC. The van der Waals surface area contributed by atoms with Crippen LogP contribution in [0.15, 0.2) is 69.8 Å². The molecule has 0 N–H and O–H groups in total. The number of furan rings is 2. The molecule has 4 nitrogen and oxygen atoms in total. The van der Waals surface area contributed by atoms with Crippen LogP contribution in [0, 0.1) is 0 Å². The van der Waals surface area contributed by atoms with Gasteiger partial charge in [-0.2, -0.15) is 0 Å². The molecule has 0 atom stereocenters. The van der Waals surface area contributed by atoms with Crippen molar-refractivity contribution in [2.24, 2.45) is 0 Å². The van der Waals surface area contributed by atoms with Crippen LogP contribution in [0.5, 0.6) is 0 Å². The van der Waals surface area contributed by atoms with Gasteiger partial charge >= 0.3 is 0 Å². The van der Waals surface area contributed by atoms with E-state index in [2.05, 4.69) is 116 Å². The van der Waals surface area contributed by atoms with E-state index in [0.29, 0.717) is 0 Å². The van der Waals surface area contributed by atoms with Crippen LogP contribution >= 0.6 is 0 Å². The van der Waals surface area contributed by atoms with E-state index >= 15 is 0 Å². The van der Waals surface area contributed by atoms with Crippen LogP contribution in [0.3, 0.4) is 0 Å². The number of aromatic nitrogens is 2. The van der Waals surface area contributed by atoms with E-state index in [1.165, 1.54) is 80.5 Å². The summed E-state index contributed by atoms with van der Waals surface area (Å²) in [7, 11) is -8.23. The topological polar surface area (TPSA) is 52.1 Å². The Balaban J connectivity index is 1.70. The lowest BCUT2D eigenvalue weighted by molar-refractivity contribution is 0.665. The Morgan fingerprint density at radius 1 is 0.413 bits per heavy atom. The van der Waals surface area contributed by atoms with Crippen molar-refractivity contribution in [1.82, 2.24) is 9.97 Å². The third kappa shape index (κ3) is 3.87. The zero-order valence-corrected chi connectivity index (χ0v) is 33.1. The van der Waals surface area contributed by atoms with E-state index in [1.54, 1.807) is 10.4 Å². The van der Waals surface area contributed by atoms with Crippen molar-refractivity contribution in [2.45, 2.75) is 104 Å². The molecular weight excluding hydrogens is 629 g/mol. The van der Waals surface area contributed by atoms with Gasteiger partial charge in [-0.05, 0) is 24.3 Å². The van der Waals surface area contributed by atoms with Gasteiger partial charge in [-0.1, -0.05) is 138 Å². The lowest BCUT2D eigenvalue weighted by Gasteiger charge is -2.47. The number of rotatable bonds is 8. The molecule has 0 radical (unpaired) electrons. The molecule has 0 amide bonds. The van der Waals surface area contributed by atoms with Crippen molar-refractivity contribution in [3.63, 3.8) is 0 Å². The second-order valence-electron chi connectivity index (χ2n) is 13.9. The molecular formula is C38H50N2O2Si4. The second-order valence-corrected chi connectivity index (χ2v) is 41.9. The van der Waals surface area contributed by atoms with Crippen molar-refractivity contribution in [3.8, 4) is 0 Å². The molecule has 7 rings (SSSR count). The Bertz CT molecular complexity index is 1790. The molecule has 0 spiro atoms. The normalized spacial score (nSPS) is 18.1. The highest BCUT2D eigenvalue weighted by Gasteiger charge is 2.55. The van der Waals surface area contributed by atoms with Crippen LogP contribution in [0.1, 0.15) is 55.4 Å². The summed E-state index contributed by atoms with van der Waals surface area (Å²) in [6.07, 6.45) is 4.11. The van der Waals surface area contributed by atoms with Gasteiger partial charge in [0, 0.05) is 32.2 Å². The minimum Gasteiger partial charge on any atom is -0.456 e. The summed E-state index contributed by atoms with van der Waals surface area (Å²) >= 11 is 0. The summed E-state index contributed by atoms with van der Waals surface area (Å²) in [5.41, 5.74) is 3.85. The number of pyridine rings is 2. The van der Waals surface area contributed by atoms with Crippen LogP contribution < -0.4 is 21.0 Å². The zero-order chi connectivity index (χ0) is 32.5. The van der Waals surface area contributed by atoms with Gasteiger partial charge < -0.3 is 8.83 Å². The van der Waals surface area contributed by atoms with Crippen molar-refractivity contribution >= 4 is 95.3 Å². The van der Waals surface area contributed by atoms with Gasteiger partial charge in [0.2, 0.25) is 0 Å². The average Bonchev–Trinajstić information content (AvgIpc) is 3.66. The molecule has 1 aliphatic heterocycles. The van der Waals surface area contributed by atoms with Gasteiger partial charge in [0.1, 0.15) is 26.3 Å². The summed E-state index contributed by atoms with van der Waals surface area (Å²) in [5.74, 6) is 0. The van der Waals surface area contributed by atoms with Crippen molar-refractivity contribution in [2.75, 3.05) is 0 Å². The molecule has 46 heavy (non-hydrogen) atoms. The zero-order valence-electron chi connectivity index (χ0n) is 29.1. The van der Waals surface area contributed by atoms with Crippen molar-refractivity contribution < 1.29 is 8.83 Å². The van der Waals surface area contributed by atoms with E-state index in [4.69, 9.17) is 18.8 Å². The van der Waals surface area contributed by atoms with Crippen LogP contribution in [0.2, 0.25) is 48.4 Å². The third-order valence-electron chi connectivity index (χ3n) is 13.5. The highest BCUT2D eigenvalue weighted by molar-refractivity contribution is 7.52. The minimum atomic E-state index is -2.08. The first kappa shape index (κ1) is 31.8. The number of hydrogen-bond acceptors (Lipinski definition) is 4. The molecule has 2 aromatic carbocycles. The fourth-order valence-corrected chi connectivity index (χ4v) is 50.7. The van der Waals surface area contributed by atoms with Gasteiger partial charge in [0.05, 0.1) is 27.6 Å². The molecule has 5 heterocycles. The molecule has 0 saturated heterocycles.